The van der Waals surface area contributed by atoms with Crippen molar-refractivity contribution in [2.75, 3.05) is 19.4 Å². The summed E-state index contributed by atoms with van der Waals surface area (Å²) in [5.74, 6) is -0.201. The summed E-state index contributed by atoms with van der Waals surface area (Å²) in [7, 11) is -4.25. The fourth-order valence-corrected chi connectivity index (χ4v) is 2.82. The van der Waals surface area contributed by atoms with Crippen LogP contribution in [0.2, 0.25) is 0 Å². The van der Waals surface area contributed by atoms with Crippen LogP contribution in [0.4, 0.5) is 0 Å². The number of carbonyl (C=O) groups is 1. The fraction of sp³-hybridized carbons (Fsp3) is 0.900. The normalized spacial score (nSPS) is 19.8. The SMILES string of the molecule is CC(C)(C(=O)CP(=O)(O)O)C1CCOCC1. The molecule has 0 aromatic heterocycles. The van der Waals surface area contributed by atoms with Gasteiger partial charge in [0, 0.05) is 18.6 Å². The maximum absolute atomic E-state index is 11.8. The molecule has 0 unspecified atom stereocenters. The van der Waals surface area contributed by atoms with Gasteiger partial charge in [-0.05, 0) is 18.8 Å². The highest BCUT2D eigenvalue weighted by Gasteiger charge is 2.39. The maximum atomic E-state index is 11.8. The van der Waals surface area contributed by atoms with E-state index in [0.29, 0.717) is 13.2 Å². The Balaban J connectivity index is 2.67. The van der Waals surface area contributed by atoms with Crippen LogP contribution in [0.25, 0.3) is 0 Å². The van der Waals surface area contributed by atoms with Crippen molar-refractivity contribution < 1.29 is 23.9 Å². The van der Waals surface area contributed by atoms with Crippen LogP contribution >= 0.6 is 7.60 Å². The summed E-state index contributed by atoms with van der Waals surface area (Å²) < 4.78 is 16.0. The first-order valence-corrected chi connectivity index (χ1v) is 7.19. The van der Waals surface area contributed by atoms with Crippen molar-refractivity contribution in [2.45, 2.75) is 26.7 Å². The van der Waals surface area contributed by atoms with Crippen LogP contribution in [0.15, 0.2) is 0 Å². The van der Waals surface area contributed by atoms with Crippen LogP contribution in [0.1, 0.15) is 26.7 Å². The quantitative estimate of drug-likeness (QED) is 0.732. The van der Waals surface area contributed by atoms with E-state index in [0.717, 1.165) is 12.8 Å². The maximum Gasteiger partial charge on any atom is 0.332 e. The largest absolute Gasteiger partial charge is 0.381 e. The van der Waals surface area contributed by atoms with Crippen LogP contribution in [0.3, 0.4) is 0 Å². The molecule has 1 aliphatic heterocycles. The van der Waals surface area contributed by atoms with Gasteiger partial charge in [0.25, 0.3) is 0 Å². The molecule has 6 heteroatoms. The molecule has 94 valence electrons. The molecule has 0 aliphatic carbocycles. The molecule has 0 aromatic carbocycles. The van der Waals surface area contributed by atoms with Gasteiger partial charge in [-0.15, -0.1) is 0 Å². The van der Waals surface area contributed by atoms with Gasteiger partial charge in [0.05, 0.1) is 0 Å². The van der Waals surface area contributed by atoms with E-state index in [-0.39, 0.29) is 11.7 Å². The van der Waals surface area contributed by atoms with Crippen LogP contribution in [-0.2, 0) is 14.1 Å². The van der Waals surface area contributed by atoms with E-state index in [9.17, 15) is 9.36 Å². The van der Waals surface area contributed by atoms with Gasteiger partial charge >= 0.3 is 7.60 Å². The summed E-state index contributed by atoms with van der Waals surface area (Å²) >= 11 is 0. The predicted octanol–water partition coefficient (Wildman–Crippen LogP) is 1.19. The number of hydrogen-bond donors (Lipinski definition) is 2. The van der Waals surface area contributed by atoms with E-state index < -0.39 is 19.2 Å². The molecule has 1 aliphatic rings. The minimum atomic E-state index is -4.25. The predicted molar refractivity (Wildman–Crippen MR) is 59.2 cm³/mol. The lowest BCUT2D eigenvalue weighted by atomic mass is 9.72. The number of Topliss-reactive ketones (excluding diaryl/α,β-unsaturated/α-hetero) is 1. The molecule has 0 bridgehead atoms. The highest BCUT2D eigenvalue weighted by Crippen LogP contribution is 2.41. The van der Waals surface area contributed by atoms with E-state index >= 15 is 0 Å². The lowest BCUT2D eigenvalue weighted by Crippen LogP contribution is -2.38. The van der Waals surface area contributed by atoms with Crippen LogP contribution in [0.5, 0.6) is 0 Å². The molecule has 2 N–H and O–H groups in total. The number of hydrogen-bond acceptors (Lipinski definition) is 3. The number of rotatable bonds is 4. The zero-order chi connectivity index (χ0) is 12.4. The zero-order valence-electron chi connectivity index (χ0n) is 9.68. The van der Waals surface area contributed by atoms with Gasteiger partial charge in [-0.25, -0.2) is 0 Å². The zero-order valence-corrected chi connectivity index (χ0v) is 10.6. The molecule has 0 atom stereocenters. The van der Waals surface area contributed by atoms with E-state index in [2.05, 4.69) is 0 Å². The number of ether oxygens (including phenoxy) is 1. The van der Waals surface area contributed by atoms with E-state index in [1.54, 1.807) is 13.8 Å². The molecule has 1 fully saturated rings. The van der Waals surface area contributed by atoms with Gasteiger partial charge in [0.15, 0.2) is 5.78 Å². The van der Waals surface area contributed by atoms with E-state index in [1.165, 1.54) is 0 Å². The molecule has 0 spiro atoms. The van der Waals surface area contributed by atoms with Gasteiger partial charge in [-0.2, -0.15) is 0 Å². The Hall–Kier alpha value is -0.220. The standard InChI is InChI=1S/C10H19O5P/c1-10(2,8-3-5-15-6-4-8)9(11)7-16(12,13)14/h8H,3-7H2,1-2H3,(H2,12,13,14). The second-order valence-electron chi connectivity index (χ2n) is 4.85. The van der Waals surface area contributed by atoms with Crippen molar-refractivity contribution in [3.8, 4) is 0 Å². The van der Waals surface area contributed by atoms with Crippen molar-refractivity contribution >= 4 is 13.4 Å². The van der Waals surface area contributed by atoms with Gasteiger partial charge in [-0.3, -0.25) is 9.36 Å². The lowest BCUT2D eigenvalue weighted by molar-refractivity contribution is -0.129. The van der Waals surface area contributed by atoms with Crippen LogP contribution in [0, 0.1) is 11.3 Å². The van der Waals surface area contributed by atoms with Crippen molar-refractivity contribution in [3.05, 3.63) is 0 Å². The fourth-order valence-electron chi connectivity index (χ4n) is 2.04. The van der Waals surface area contributed by atoms with Gasteiger partial charge < -0.3 is 14.5 Å². The first kappa shape index (κ1) is 13.8. The third kappa shape index (κ3) is 3.67. The topological polar surface area (TPSA) is 83.8 Å². The Kier molecular flexibility index (Phi) is 4.29. The Morgan fingerprint density at radius 2 is 1.88 bits per heavy atom. The Bertz CT molecular complexity index is 300. The summed E-state index contributed by atoms with van der Waals surface area (Å²) in [6.45, 7) is 4.77. The summed E-state index contributed by atoms with van der Waals surface area (Å²) in [4.78, 5) is 29.5. The molecule has 16 heavy (non-hydrogen) atoms. The average molecular weight is 250 g/mol. The first-order valence-electron chi connectivity index (χ1n) is 5.39. The summed E-state index contributed by atoms with van der Waals surface area (Å²) in [5.41, 5.74) is -0.676. The van der Waals surface area contributed by atoms with Crippen LogP contribution in [-0.4, -0.2) is 34.9 Å². The Labute approximate surface area is 95.3 Å². The highest BCUT2D eigenvalue weighted by molar-refractivity contribution is 7.52. The molecule has 1 rings (SSSR count). The third-order valence-corrected chi connectivity index (χ3v) is 4.01. The van der Waals surface area contributed by atoms with Crippen molar-refractivity contribution in [1.29, 1.82) is 0 Å². The molecule has 5 nitrogen and oxygen atoms in total. The minimum Gasteiger partial charge on any atom is -0.381 e. The monoisotopic (exact) mass is 250 g/mol. The summed E-state index contributed by atoms with van der Waals surface area (Å²) in [6, 6.07) is 0. The molecule has 0 radical (unpaired) electrons. The molecular weight excluding hydrogens is 231 g/mol. The van der Waals surface area contributed by atoms with E-state index in [4.69, 9.17) is 14.5 Å². The second-order valence-corrected chi connectivity index (χ2v) is 6.50. The Morgan fingerprint density at radius 1 is 1.38 bits per heavy atom. The highest BCUT2D eigenvalue weighted by atomic mass is 31.2. The van der Waals surface area contributed by atoms with Crippen LogP contribution < -0.4 is 0 Å². The number of ketones is 1. The summed E-state index contributed by atoms with van der Waals surface area (Å²) in [5, 5.41) is 0. The molecule has 1 heterocycles. The van der Waals surface area contributed by atoms with Crippen molar-refractivity contribution in [2.24, 2.45) is 11.3 Å². The van der Waals surface area contributed by atoms with Gasteiger partial charge in [0.1, 0.15) is 6.16 Å². The smallest absolute Gasteiger partial charge is 0.332 e. The molecule has 0 amide bonds. The van der Waals surface area contributed by atoms with Gasteiger partial charge in [-0.1, -0.05) is 13.8 Å². The summed E-state index contributed by atoms with van der Waals surface area (Å²) in [6.07, 6.45) is 0.900. The molecular formula is C10H19O5P. The van der Waals surface area contributed by atoms with Crippen molar-refractivity contribution in [3.63, 3.8) is 0 Å². The molecule has 1 saturated heterocycles. The minimum absolute atomic E-state index is 0.153. The molecule has 0 aromatic rings. The first-order chi connectivity index (χ1) is 7.23. The molecule has 0 saturated carbocycles. The van der Waals surface area contributed by atoms with Gasteiger partial charge in [0.2, 0.25) is 0 Å². The van der Waals surface area contributed by atoms with Crippen molar-refractivity contribution in [1.82, 2.24) is 0 Å². The average Bonchev–Trinajstić information content (AvgIpc) is 2.16. The number of carbonyl (C=O) groups excluding carboxylic acids is 1. The second kappa shape index (κ2) is 4.96. The third-order valence-electron chi connectivity index (χ3n) is 3.31. The Morgan fingerprint density at radius 3 is 2.31 bits per heavy atom. The van der Waals surface area contributed by atoms with E-state index in [1.807, 2.05) is 0 Å². The lowest BCUT2D eigenvalue weighted by Gasteiger charge is -2.35.